The molecule has 2 atom stereocenters. The number of hydrogen-bond donors (Lipinski definition) is 0. The molecule has 0 aliphatic carbocycles. The minimum atomic E-state index is -4.50. The standard InChI is InChI=1S/C44H82NO7P/c1-6-8-10-12-14-16-18-20-21-22-23-24-26-28-30-32-34-36-39-49-43(42-52-53(47,48)51-40-38-45(3,4)5)41-50-44(46)37-35-33-31-29-27-25-19-17-15-13-11-9-7-2/h14,16,20-21,23-24,28,30,43H,6-13,15,17-19,22,25-27,29,31-42H2,1-5H3/b16-14-,21-20-,24-23-,30-28-/t43-/m1/s1/i39+2. The van der Waals surface area contributed by atoms with E-state index in [1.54, 1.807) is 0 Å². The van der Waals surface area contributed by atoms with Crippen molar-refractivity contribution < 1.29 is 37.3 Å². The first-order valence-corrected chi connectivity index (χ1v) is 22.8. The molecule has 0 aliphatic heterocycles. The molecule has 1 unspecified atom stereocenters. The molecule has 0 aromatic carbocycles. The van der Waals surface area contributed by atoms with Crippen LogP contribution in [0.1, 0.15) is 168 Å². The van der Waals surface area contributed by atoms with E-state index in [0.29, 0.717) is 24.1 Å². The number of hydrogen-bond acceptors (Lipinski definition) is 7. The monoisotopic (exact) mass is 770 g/mol. The molecule has 0 saturated carbocycles. The van der Waals surface area contributed by atoms with E-state index < -0.39 is 13.9 Å². The lowest BCUT2D eigenvalue weighted by molar-refractivity contribution is -0.870. The van der Waals surface area contributed by atoms with E-state index in [2.05, 4.69) is 62.5 Å². The molecule has 0 aromatic heterocycles. The maximum Gasteiger partial charge on any atom is 0.305 e. The zero-order chi connectivity index (χ0) is 39.1. The maximum atomic E-state index is 12.5. The molecule has 9 heteroatoms. The van der Waals surface area contributed by atoms with Crippen LogP contribution in [0.3, 0.4) is 0 Å². The summed E-state index contributed by atoms with van der Waals surface area (Å²) >= 11 is 0. The Morgan fingerprint density at radius 3 is 1.64 bits per heavy atom. The van der Waals surface area contributed by atoms with E-state index in [-0.39, 0.29) is 25.8 Å². The lowest BCUT2D eigenvalue weighted by Gasteiger charge is -2.28. The van der Waals surface area contributed by atoms with Gasteiger partial charge in [0.15, 0.2) is 0 Å². The molecule has 0 rings (SSSR count). The van der Waals surface area contributed by atoms with E-state index in [9.17, 15) is 14.3 Å². The van der Waals surface area contributed by atoms with Crippen LogP contribution in [-0.2, 0) is 27.9 Å². The Hall–Kier alpha value is -1.54. The first-order chi connectivity index (χ1) is 25.6. The molecule has 0 spiro atoms. The summed E-state index contributed by atoms with van der Waals surface area (Å²) in [6.45, 7) is 5.16. The van der Waals surface area contributed by atoms with Gasteiger partial charge < -0.3 is 27.9 Å². The molecule has 0 aromatic rings. The summed E-state index contributed by atoms with van der Waals surface area (Å²) in [6.07, 6.45) is 44.2. The van der Waals surface area contributed by atoms with Crippen molar-refractivity contribution in [3.8, 4) is 0 Å². The van der Waals surface area contributed by atoms with Gasteiger partial charge in [0.25, 0.3) is 7.82 Å². The van der Waals surface area contributed by atoms with Crippen LogP contribution in [0.5, 0.6) is 0 Å². The van der Waals surface area contributed by atoms with Crippen molar-refractivity contribution in [3.05, 3.63) is 48.6 Å². The van der Waals surface area contributed by atoms with E-state index in [1.165, 1.54) is 89.9 Å². The summed E-state index contributed by atoms with van der Waals surface area (Å²) in [5, 5.41) is 0. The molecule has 0 amide bonds. The fraction of sp³-hybridized carbons (Fsp3) is 0.795. The summed E-state index contributed by atoms with van der Waals surface area (Å²) in [5.41, 5.74) is 0. The third kappa shape index (κ3) is 41.5. The van der Waals surface area contributed by atoms with Gasteiger partial charge in [0.05, 0.1) is 27.7 Å². The zero-order valence-electron chi connectivity index (χ0n) is 35.0. The Labute approximate surface area is 327 Å². The Kier molecular flexibility index (Phi) is 36.3. The van der Waals surface area contributed by atoms with Gasteiger partial charge in [-0.05, 0) is 57.8 Å². The van der Waals surface area contributed by atoms with Crippen LogP contribution in [0.25, 0.3) is 0 Å². The first kappa shape index (κ1) is 51.5. The largest absolute Gasteiger partial charge is 0.756 e. The predicted octanol–water partition coefficient (Wildman–Crippen LogP) is 11.7. The van der Waals surface area contributed by atoms with Gasteiger partial charge in [-0.1, -0.05) is 152 Å². The predicted molar refractivity (Wildman–Crippen MR) is 222 cm³/mol. The van der Waals surface area contributed by atoms with Crippen molar-refractivity contribution in [1.29, 1.82) is 0 Å². The molecule has 0 heterocycles. The number of allylic oxidation sites excluding steroid dienone is 8. The number of esters is 1. The van der Waals surface area contributed by atoms with Crippen molar-refractivity contribution in [2.24, 2.45) is 0 Å². The van der Waals surface area contributed by atoms with Crippen LogP contribution in [-0.4, -0.2) is 70.7 Å². The number of phosphoric acid groups is 1. The molecule has 0 fully saturated rings. The van der Waals surface area contributed by atoms with Gasteiger partial charge in [0, 0.05) is 13.0 Å². The zero-order valence-corrected chi connectivity index (χ0v) is 35.8. The second-order valence-corrected chi connectivity index (χ2v) is 16.8. The number of nitrogens with zero attached hydrogens (tertiary/aromatic N) is 1. The minimum absolute atomic E-state index is 0.0292. The summed E-state index contributed by atoms with van der Waals surface area (Å²) in [7, 11) is 1.37. The lowest BCUT2D eigenvalue weighted by atomic mass is 10.0. The van der Waals surface area contributed by atoms with Crippen LogP contribution in [0.15, 0.2) is 48.6 Å². The molecule has 310 valence electrons. The third-order valence-electron chi connectivity index (χ3n) is 8.92. The van der Waals surface area contributed by atoms with Crippen molar-refractivity contribution in [1.82, 2.24) is 0 Å². The summed E-state index contributed by atoms with van der Waals surface area (Å²) < 4.78 is 34.5. The fourth-order valence-corrected chi connectivity index (χ4v) is 6.23. The third-order valence-corrected chi connectivity index (χ3v) is 9.89. The molecular weight excluding hydrogens is 687 g/mol. The average molecular weight is 770 g/mol. The van der Waals surface area contributed by atoms with E-state index >= 15 is 0 Å². The summed E-state index contributed by atoms with van der Waals surface area (Å²) in [6, 6.07) is 0. The van der Waals surface area contributed by atoms with Gasteiger partial charge in [0.2, 0.25) is 0 Å². The Balaban J connectivity index is 4.34. The highest BCUT2D eigenvalue weighted by Gasteiger charge is 2.19. The first-order valence-electron chi connectivity index (χ1n) is 21.4. The van der Waals surface area contributed by atoms with E-state index in [0.717, 1.165) is 57.8 Å². The smallest absolute Gasteiger partial charge is 0.305 e. The Bertz CT molecular complexity index is 989. The average Bonchev–Trinajstić information content (AvgIpc) is 3.11. The van der Waals surface area contributed by atoms with Gasteiger partial charge in [-0.2, -0.15) is 0 Å². The fourth-order valence-electron chi connectivity index (χ4n) is 5.50. The van der Waals surface area contributed by atoms with Crippen molar-refractivity contribution in [2.75, 3.05) is 54.1 Å². The highest BCUT2D eigenvalue weighted by molar-refractivity contribution is 7.45. The van der Waals surface area contributed by atoms with Crippen molar-refractivity contribution in [2.45, 2.75) is 174 Å². The van der Waals surface area contributed by atoms with Gasteiger partial charge in [-0.3, -0.25) is 9.36 Å². The molecule has 0 bridgehead atoms. The number of unbranched alkanes of at least 4 members (excludes halogenated alkanes) is 17. The maximum absolute atomic E-state index is 12.5. The van der Waals surface area contributed by atoms with Crippen LogP contribution >= 0.6 is 7.82 Å². The highest BCUT2D eigenvalue weighted by Crippen LogP contribution is 2.38. The normalized spacial score (nSPS) is 14.3. The number of likely N-dealkylation sites (N-methyl/N-ethyl adjacent to an activating group) is 1. The summed E-state index contributed by atoms with van der Waals surface area (Å²) in [4.78, 5) is 24.8. The molecule has 0 saturated heterocycles. The number of ether oxygens (including phenoxy) is 2. The molecule has 8 nitrogen and oxygen atoms in total. The molecule has 0 aliphatic rings. The van der Waals surface area contributed by atoms with E-state index in [1.807, 2.05) is 21.1 Å². The number of phosphoric ester groups is 1. The number of carbonyl (C=O) groups is 1. The molecular formula is C44H82NO7P. The van der Waals surface area contributed by atoms with Gasteiger partial charge in [-0.25, -0.2) is 0 Å². The quantitative estimate of drug-likeness (QED) is 0.0202. The minimum Gasteiger partial charge on any atom is -0.756 e. The number of carbonyl (C=O) groups excluding carboxylic acids is 1. The van der Waals surface area contributed by atoms with Crippen LogP contribution < -0.4 is 4.89 Å². The second-order valence-electron chi connectivity index (χ2n) is 15.3. The SMILES string of the molecule is CCCCC/C=C\C/C=C\C/C=C\C/C=C\CCC[14CH2]O[C@H](COC(=O)CCCCCCCCCCCCCCC)COP(=O)([O-])OCC[N+](C)(C)C. The lowest BCUT2D eigenvalue weighted by Crippen LogP contribution is -2.37. The molecule has 0 radical (unpaired) electrons. The van der Waals surface area contributed by atoms with E-state index in [4.69, 9.17) is 18.5 Å². The topological polar surface area (TPSA) is 94.1 Å². The molecule has 53 heavy (non-hydrogen) atoms. The second kappa shape index (κ2) is 37.4. The van der Waals surface area contributed by atoms with Crippen LogP contribution in [0, 0.1) is 0 Å². The number of rotatable bonds is 39. The Morgan fingerprint density at radius 1 is 0.642 bits per heavy atom. The number of quaternary nitrogens is 1. The van der Waals surface area contributed by atoms with Gasteiger partial charge in [-0.15, -0.1) is 0 Å². The van der Waals surface area contributed by atoms with Crippen LogP contribution in [0.2, 0.25) is 0 Å². The van der Waals surface area contributed by atoms with Crippen molar-refractivity contribution >= 4 is 13.8 Å². The summed E-state index contributed by atoms with van der Waals surface area (Å²) in [5.74, 6) is -0.285. The Morgan fingerprint density at radius 2 is 1.11 bits per heavy atom. The van der Waals surface area contributed by atoms with Gasteiger partial charge >= 0.3 is 5.97 Å². The molecule has 0 N–H and O–H groups in total. The van der Waals surface area contributed by atoms with Crippen LogP contribution in [0.4, 0.5) is 0 Å². The highest BCUT2D eigenvalue weighted by atomic mass is 31.2. The van der Waals surface area contributed by atoms with Gasteiger partial charge in [0.1, 0.15) is 25.9 Å². The van der Waals surface area contributed by atoms with Crippen molar-refractivity contribution in [3.63, 3.8) is 0 Å².